The molecular formula is C16H17BrN2O2. The van der Waals surface area contributed by atoms with Crippen LogP contribution in [-0.2, 0) is 4.79 Å². The van der Waals surface area contributed by atoms with Gasteiger partial charge in [-0.2, -0.15) is 0 Å². The third kappa shape index (κ3) is 3.18. The van der Waals surface area contributed by atoms with Crippen LogP contribution in [0.25, 0.3) is 11.3 Å². The number of hydrogen-bond donors (Lipinski definition) is 2. The van der Waals surface area contributed by atoms with E-state index in [0.717, 1.165) is 47.2 Å². The predicted octanol–water partition coefficient (Wildman–Crippen LogP) is 4.20. The van der Waals surface area contributed by atoms with Crippen LogP contribution in [0, 0.1) is 5.92 Å². The maximum Gasteiger partial charge on any atom is 0.306 e. The number of imidazole rings is 1. The van der Waals surface area contributed by atoms with Crippen LogP contribution in [0.15, 0.2) is 34.9 Å². The number of aliphatic carboxylic acids is 1. The first-order valence-electron chi connectivity index (χ1n) is 7.17. The summed E-state index contributed by atoms with van der Waals surface area (Å²) in [6, 6.07) is 8.06. The van der Waals surface area contributed by atoms with Crippen LogP contribution in [0.2, 0.25) is 0 Å². The van der Waals surface area contributed by atoms with Gasteiger partial charge in [-0.15, -0.1) is 0 Å². The van der Waals surface area contributed by atoms with Crippen molar-refractivity contribution in [3.63, 3.8) is 0 Å². The summed E-state index contributed by atoms with van der Waals surface area (Å²) in [5.41, 5.74) is 2.01. The molecular weight excluding hydrogens is 332 g/mol. The first-order chi connectivity index (χ1) is 10.1. The summed E-state index contributed by atoms with van der Waals surface area (Å²) in [6.45, 7) is 0. The zero-order chi connectivity index (χ0) is 14.8. The van der Waals surface area contributed by atoms with E-state index >= 15 is 0 Å². The second-order valence-corrected chi connectivity index (χ2v) is 6.48. The quantitative estimate of drug-likeness (QED) is 0.873. The second-order valence-electron chi connectivity index (χ2n) is 5.57. The SMILES string of the molecule is O=C(O)C1CCC(c2nc(-c3cccc(Br)c3)c[nH]2)CC1. The number of aromatic amines is 1. The molecule has 110 valence electrons. The summed E-state index contributed by atoms with van der Waals surface area (Å²) in [4.78, 5) is 18.9. The van der Waals surface area contributed by atoms with E-state index in [0.29, 0.717) is 5.92 Å². The molecule has 1 saturated carbocycles. The van der Waals surface area contributed by atoms with Crippen molar-refractivity contribution in [2.45, 2.75) is 31.6 Å². The highest BCUT2D eigenvalue weighted by Gasteiger charge is 2.28. The first kappa shape index (κ1) is 14.3. The summed E-state index contributed by atoms with van der Waals surface area (Å²) < 4.78 is 1.03. The van der Waals surface area contributed by atoms with E-state index < -0.39 is 5.97 Å². The Bertz CT molecular complexity index is 645. The average molecular weight is 349 g/mol. The van der Waals surface area contributed by atoms with Crippen LogP contribution < -0.4 is 0 Å². The molecule has 0 radical (unpaired) electrons. The van der Waals surface area contributed by atoms with E-state index in [1.54, 1.807) is 0 Å². The summed E-state index contributed by atoms with van der Waals surface area (Å²) >= 11 is 3.47. The molecule has 3 rings (SSSR count). The molecule has 1 aromatic heterocycles. The standard InChI is InChI=1S/C16H17BrN2O2/c17-13-3-1-2-12(8-13)14-9-18-15(19-14)10-4-6-11(7-5-10)16(20)21/h1-3,8-11H,4-7H2,(H,18,19)(H,20,21). The van der Waals surface area contributed by atoms with E-state index in [4.69, 9.17) is 10.1 Å². The van der Waals surface area contributed by atoms with Gasteiger partial charge in [0, 0.05) is 22.2 Å². The number of halogens is 1. The maximum atomic E-state index is 11.0. The Kier molecular flexibility index (Phi) is 4.10. The number of benzene rings is 1. The number of nitrogens with one attached hydrogen (secondary N) is 1. The third-order valence-corrected chi connectivity index (χ3v) is 4.67. The van der Waals surface area contributed by atoms with Gasteiger partial charge >= 0.3 is 5.97 Å². The van der Waals surface area contributed by atoms with Gasteiger partial charge in [0.05, 0.1) is 11.6 Å². The lowest BCUT2D eigenvalue weighted by Crippen LogP contribution is -2.21. The van der Waals surface area contributed by atoms with Crippen molar-refractivity contribution in [2.24, 2.45) is 5.92 Å². The van der Waals surface area contributed by atoms with Gasteiger partial charge in [0.15, 0.2) is 0 Å². The summed E-state index contributed by atoms with van der Waals surface area (Å²) in [5.74, 6) is 0.485. The number of carboxylic acids is 1. The Morgan fingerprint density at radius 3 is 2.71 bits per heavy atom. The molecule has 0 spiro atoms. The molecule has 21 heavy (non-hydrogen) atoms. The van der Waals surface area contributed by atoms with E-state index in [-0.39, 0.29) is 5.92 Å². The van der Waals surface area contributed by atoms with Crippen LogP contribution in [0.1, 0.15) is 37.4 Å². The number of H-pyrrole nitrogens is 1. The van der Waals surface area contributed by atoms with Gasteiger partial charge in [0.25, 0.3) is 0 Å². The zero-order valence-corrected chi connectivity index (χ0v) is 13.1. The van der Waals surface area contributed by atoms with Gasteiger partial charge < -0.3 is 10.1 Å². The molecule has 0 saturated heterocycles. The van der Waals surface area contributed by atoms with Crippen LogP contribution in [-0.4, -0.2) is 21.0 Å². The van der Waals surface area contributed by atoms with Crippen LogP contribution in [0.3, 0.4) is 0 Å². The minimum atomic E-state index is -0.664. The molecule has 1 fully saturated rings. The van der Waals surface area contributed by atoms with Gasteiger partial charge in [-0.25, -0.2) is 4.98 Å². The normalized spacial score (nSPS) is 22.1. The number of carboxylic acid groups (broad SMARTS) is 1. The molecule has 0 atom stereocenters. The fourth-order valence-electron chi connectivity index (χ4n) is 2.96. The van der Waals surface area contributed by atoms with E-state index in [9.17, 15) is 4.79 Å². The Balaban J connectivity index is 1.73. The molecule has 0 bridgehead atoms. The lowest BCUT2D eigenvalue weighted by Gasteiger charge is -2.24. The van der Waals surface area contributed by atoms with Gasteiger partial charge in [0.2, 0.25) is 0 Å². The van der Waals surface area contributed by atoms with Gasteiger partial charge in [-0.1, -0.05) is 28.1 Å². The number of aromatic nitrogens is 2. The molecule has 1 aliphatic rings. The monoisotopic (exact) mass is 348 g/mol. The number of hydrogen-bond acceptors (Lipinski definition) is 2. The molecule has 2 aromatic rings. The minimum absolute atomic E-state index is 0.180. The van der Waals surface area contributed by atoms with Crippen LogP contribution in [0.4, 0.5) is 0 Å². The van der Waals surface area contributed by atoms with Crippen molar-refractivity contribution in [1.82, 2.24) is 9.97 Å². The molecule has 1 heterocycles. The Labute approximate surface area is 131 Å². The zero-order valence-electron chi connectivity index (χ0n) is 11.6. The molecule has 1 aliphatic carbocycles. The van der Waals surface area contributed by atoms with Crippen molar-refractivity contribution < 1.29 is 9.90 Å². The summed E-state index contributed by atoms with van der Waals surface area (Å²) in [7, 11) is 0. The Hall–Kier alpha value is -1.62. The van der Waals surface area contributed by atoms with E-state index in [2.05, 4.69) is 20.9 Å². The predicted molar refractivity (Wildman–Crippen MR) is 84.1 cm³/mol. The molecule has 4 nitrogen and oxygen atoms in total. The Morgan fingerprint density at radius 1 is 1.29 bits per heavy atom. The van der Waals surface area contributed by atoms with E-state index in [1.807, 2.05) is 30.5 Å². The first-order valence-corrected chi connectivity index (χ1v) is 7.97. The number of rotatable bonds is 3. The molecule has 2 N–H and O–H groups in total. The second kappa shape index (κ2) is 6.02. The van der Waals surface area contributed by atoms with Gasteiger partial charge in [0.1, 0.15) is 5.82 Å². The lowest BCUT2D eigenvalue weighted by atomic mass is 9.82. The third-order valence-electron chi connectivity index (χ3n) is 4.18. The van der Waals surface area contributed by atoms with Crippen LogP contribution >= 0.6 is 15.9 Å². The van der Waals surface area contributed by atoms with Crippen LogP contribution in [0.5, 0.6) is 0 Å². The highest BCUT2D eigenvalue weighted by molar-refractivity contribution is 9.10. The van der Waals surface area contributed by atoms with Crippen molar-refractivity contribution in [2.75, 3.05) is 0 Å². The fourth-order valence-corrected chi connectivity index (χ4v) is 3.35. The molecule has 1 aromatic carbocycles. The van der Waals surface area contributed by atoms with Crippen molar-refractivity contribution >= 4 is 21.9 Å². The van der Waals surface area contributed by atoms with Gasteiger partial charge in [-0.05, 0) is 37.8 Å². The number of nitrogens with zero attached hydrogens (tertiary/aromatic N) is 1. The lowest BCUT2D eigenvalue weighted by molar-refractivity contribution is -0.142. The van der Waals surface area contributed by atoms with Crippen molar-refractivity contribution in [3.05, 3.63) is 40.8 Å². The average Bonchev–Trinajstić information content (AvgIpc) is 2.97. The van der Waals surface area contributed by atoms with Crippen molar-refractivity contribution in [3.8, 4) is 11.3 Å². The molecule has 0 aliphatic heterocycles. The smallest absolute Gasteiger partial charge is 0.306 e. The van der Waals surface area contributed by atoms with Crippen molar-refractivity contribution in [1.29, 1.82) is 0 Å². The van der Waals surface area contributed by atoms with Gasteiger partial charge in [-0.3, -0.25) is 4.79 Å². The van der Waals surface area contributed by atoms with E-state index in [1.165, 1.54) is 0 Å². The Morgan fingerprint density at radius 2 is 2.05 bits per heavy atom. The topological polar surface area (TPSA) is 66.0 Å². The summed E-state index contributed by atoms with van der Waals surface area (Å²) in [6.07, 6.45) is 5.20. The summed E-state index contributed by atoms with van der Waals surface area (Å²) in [5, 5.41) is 9.05. The molecule has 5 heteroatoms. The fraction of sp³-hybridized carbons (Fsp3) is 0.375. The largest absolute Gasteiger partial charge is 0.481 e. The molecule has 0 amide bonds. The highest BCUT2D eigenvalue weighted by Crippen LogP contribution is 2.35. The highest BCUT2D eigenvalue weighted by atomic mass is 79.9. The molecule has 0 unspecified atom stereocenters. The number of carbonyl (C=O) groups is 1. The maximum absolute atomic E-state index is 11.0. The minimum Gasteiger partial charge on any atom is -0.481 e.